The second kappa shape index (κ2) is 10.3. The lowest BCUT2D eigenvalue weighted by atomic mass is 9.91. The summed E-state index contributed by atoms with van der Waals surface area (Å²) < 4.78 is 11.3. The van der Waals surface area contributed by atoms with Gasteiger partial charge in [-0.15, -0.1) is 24.8 Å². The van der Waals surface area contributed by atoms with Gasteiger partial charge in [0.1, 0.15) is 17.1 Å². The number of hydrogen-bond acceptors (Lipinski definition) is 5. The predicted octanol–water partition coefficient (Wildman–Crippen LogP) is 3.42. The molecule has 1 aromatic carbocycles. The summed E-state index contributed by atoms with van der Waals surface area (Å²) in [6, 6.07) is 10.9. The van der Waals surface area contributed by atoms with E-state index in [1.807, 2.05) is 18.2 Å². The first-order chi connectivity index (χ1) is 11.7. The van der Waals surface area contributed by atoms with Crippen LogP contribution >= 0.6 is 24.8 Å². The van der Waals surface area contributed by atoms with Crippen molar-refractivity contribution >= 4 is 36.4 Å². The molecule has 1 saturated heterocycles. The normalized spacial score (nSPS) is 15.1. The highest BCUT2D eigenvalue weighted by molar-refractivity contribution is 5.97. The van der Waals surface area contributed by atoms with E-state index < -0.39 is 5.60 Å². The molecule has 0 unspecified atom stereocenters. The molecule has 1 aliphatic rings. The molecule has 2 aromatic rings. The first kappa shape index (κ1) is 22.2. The van der Waals surface area contributed by atoms with Crippen molar-refractivity contribution in [3.63, 3.8) is 0 Å². The van der Waals surface area contributed by atoms with Crippen LogP contribution in [0.2, 0.25) is 0 Å². The number of carbonyl (C=O) groups excluding carboxylic acids is 1. The number of anilines is 1. The van der Waals surface area contributed by atoms with E-state index in [2.05, 4.69) is 15.6 Å². The highest BCUT2D eigenvalue weighted by Gasteiger charge is 2.39. The minimum absolute atomic E-state index is 0. The Morgan fingerprint density at radius 1 is 1.12 bits per heavy atom. The van der Waals surface area contributed by atoms with Crippen LogP contribution in [0.25, 0.3) is 0 Å². The number of ether oxygens (including phenoxy) is 2. The number of methoxy groups -OCH3 is 1. The molecule has 2 heterocycles. The van der Waals surface area contributed by atoms with Crippen LogP contribution in [0.1, 0.15) is 12.8 Å². The molecule has 2 N–H and O–H groups in total. The van der Waals surface area contributed by atoms with Gasteiger partial charge in [0.2, 0.25) is 0 Å². The Balaban J connectivity index is 0.00000169. The fourth-order valence-electron chi connectivity index (χ4n) is 2.78. The Labute approximate surface area is 165 Å². The smallest absolute Gasteiger partial charge is 0.256 e. The monoisotopic (exact) mass is 399 g/mol. The van der Waals surface area contributed by atoms with E-state index in [1.165, 1.54) is 0 Å². The summed E-state index contributed by atoms with van der Waals surface area (Å²) in [7, 11) is 1.59. The van der Waals surface area contributed by atoms with E-state index in [4.69, 9.17) is 9.47 Å². The number of hydrogen-bond donors (Lipinski definition) is 2. The molecule has 1 amide bonds. The molecule has 0 atom stereocenters. The summed E-state index contributed by atoms with van der Waals surface area (Å²) in [6.07, 6.45) is 4.64. The number of carbonyl (C=O) groups is 1. The minimum atomic E-state index is -0.771. The molecular formula is C18H23Cl2N3O3. The number of rotatable bonds is 5. The highest BCUT2D eigenvalue weighted by Crippen LogP contribution is 2.27. The van der Waals surface area contributed by atoms with Gasteiger partial charge in [-0.2, -0.15) is 0 Å². The van der Waals surface area contributed by atoms with Gasteiger partial charge >= 0.3 is 0 Å². The lowest BCUT2D eigenvalue weighted by Gasteiger charge is -2.34. The number of piperidine rings is 1. The summed E-state index contributed by atoms with van der Waals surface area (Å²) in [5.74, 6) is 1.23. The number of amides is 1. The van der Waals surface area contributed by atoms with Crippen LogP contribution in [-0.2, 0) is 9.53 Å². The Morgan fingerprint density at radius 3 is 2.46 bits per heavy atom. The SMILES string of the molecule is COC1(C(=O)Nc2cccc(Oc3ccncc3)c2)CCNCC1.Cl.Cl. The number of pyridine rings is 1. The van der Waals surface area contributed by atoms with Crippen LogP contribution < -0.4 is 15.4 Å². The van der Waals surface area contributed by atoms with Crippen LogP contribution in [0.5, 0.6) is 11.5 Å². The topological polar surface area (TPSA) is 72.5 Å². The maximum Gasteiger partial charge on any atom is 0.256 e. The second-order valence-electron chi connectivity index (χ2n) is 5.72. The third kappa shape index (κ3) is 5.32. The Kier molecular flexibility index (Phi) is 8.81. The molecule has 8 heteroatoms. The zero-order chi connectivity index (χ0) is 16.8. The van der Waals surface area contributed by atoms with Gasteiger partial charge in [-0.1, -0.05) is 6.07 Å². The van der Waals surface area contributed by atoms with Crippen molar-refractivity contribution < 1.29 is 14.3 Å². The standard InChI is InChI=1S/C18H21N3O3.2ClH/c1-23-18(7-11-20-12-8-18)17(22)21-14-3-2-4-16(13-14)24-15-5-9-19-10-6-15;;/h2-6,9-10,13,20H,7-8,11-12H2,1H3,(H,21,22);2*1H. The molecule has 0 saturated carbocycles. The fourth-order valence-corrected chi connectivity index (χ4v) is 2.78. The first-order valence-corrected chi connectivity index (χ1v) is 7.97. The number of nitrogens with one attached hydrogen (secondary N) is 2. The summed E-state index contributed by atoms with van der Waals surface area (Å²) >= 11 is 0. The van der Waals surface area contributed by atoms with Crippen molar-refractivity contribution in [2.45, 2.75) is 18.4 Å². The lowest BCUT2D eigenvalue weighted by molar-refractivity contribution is -0.140. The summed E-state index contributed by atoms with van der Waals surface area (Å²) in [5.41, 5.74) is -0.0887. The van der Waals surface area contributed by atoms with E-state index in [1.54, 1.807) is 37.7 Å². The van der Waals surface area contributed by atoms with Gasteiger partial charge in [0, 0.05) is 31.3 Å². The van der Waals surface area contributed by atoms with E-state index >= 15 is 0 Å². The van der Waals surface area contributed by atoms with Crippen molar-refractivity contribution in [3.8, 4) is 11.5 Å². The third-order valence-corrected chi connectivity index (χ3v) is 4.19. The van der Waals surface area contributed by atoms with E-state index in [0.29, 0.717) is 30.0 Å². The molecule has 3 rings (SSSR count). The predicted molar refractivity (Wildman–Crippen MR) is 106 cm³/mol. The number of aromatic nitrogens is 1. The van der Waals surface area contributed by atoms with Gasteiger partial charge in [-0.05, 0) is 50.2 Å². The van der Waals surface area contributed by atoms with Crippen LogP contribution in [-0.4, -0.2) is 36.7 Å². The average Bonchev–Trinajstić information content (AvgIpc) is 2.63. The summed E-state index contributed by atoms with van der Waals surface area (Å²) in [6.45, 7) is 1.54. The average molecular weight is 400 g/mol. The molecule has 0 aliphatic carbocycles. The van der Waals surface area contributed by atoms with Crippen molar-refractivity contribution in [3.05, 3.63) is 48.8 Å². The van der Waals surface area contributed by atoms with Crippen LogP contribution in [0.15, 0.2) is 48.8 Å². The number of nitrogens with zero attached hydrogens (tertiary/aromatic N) is 1. The van der Waals surface area contributed by atoms with Crippen LogP contribution in [0, 0.1) is 0 Å². The molecule has 142 valence electrons. The van der Waals surface area contributed by atoms with E-state index in [0.717, 1.165) is 13.1 Å². The Bertz CT molecular complexity index is 695. The maximum atomic E-state index is 12.7. The highest BCUT2D eigenvalue weighted by atomic mass is 35.5. The Morgan fingerprint density at radius 2 is 1.81 bits per heavy atom. The zero-order valence-electron chi connectivity index (χ0n) is 14.4. The second-order valence-corrected chi connectivity index (χ2v) is 5.72. The number of halogens is 2. The van der Waals surface area contributed by atoms with Crippen molar-refractivity contribution in [2.24, 2.45) is 0 Å². The quantitative estimate of drug-likeness (QED) is 0.805. The molecule has 1 fully saturated rings. The Hall–Kier alpha value is -1.86. The summed E-state index contributed by atoms with van der Waals surface area (Å²) in [4.78, 5) is 16.6. The fraction of sp³-hybridized carbons (Fsp3) is 0.333. The van der Waals surface area contributed by atoms with Gasteiger partial charge in [0.05, 0.1) is 0 Å². The molecule has 6 nitrogen and oxygen atoms in total. The van der Waals surface area contributed by atoms with Crippen molar-refractivity contribution in [1.82, 2.24) is 10.3 Å². The summed E-state index contributed by atoms with van der Waals surface area (Å²) in [5, 5.41) is 6.19. The van der Waals surface area contributed by atoms with Crippen LogP contribution in [0.4, 0.5) is 5.69 Å². The zero-order valence-corrected chi connectivity index (χ0v) is 16.1. The maximum absolute atomic E-state index is 12.7. The van der Waals surface area contributed by atoms with Gasteiger partial charge in [0.15, 0.2) is 0 Å². The molecular weight excluding hydrogens is 377 g/mol. The van der Waals surface area contributed by atoms with Crippen molar-refractivity contribution in [1.29, 1.82) is 0 Å². The van der Waals surface area contributed by atoms with E-state index in [-0.39, 0.29) is 30.7 Å². The first-order valence-electron chi connectivity index (χ1n) is 7.97. The van der Waals surface area contributed by atoms with Crippen LogP contribution in [0.3, 0.4) is 0 Å². The lowest BCUT2D eigenvalue weighted by Crippen LogP contribution is -2.51. The minimum Gasteiger partial charge on any atom is -0.457 e. The largest absolute Gasteiger partial charge is 0.457 e. The van der Waals surface area contributed by atoms with Gasteiger partial charge in [0.25, 0.3) is 5.91 Å². The molecule has 1 aromatic heterocycles. The molecule has 1 aliphatic heterocycles. The molecule has 0 spiro atoms. The third-order valence-electron chi connectivity index (χ3n) is 4.19. The molecule has 26 heavy (non-hydrogen) atoms. The van der Waals surface area contributed by atoms with Crippen molar-refractivity contribution in [2.75, 3.05) is 25.5 Å². The number of benzene rings is 1. The molecule has 0 radical (unpaired) electrons. The van der Waals surface area contributed by atoms with Gasteiger partial charge in [-0.3, -0.25) is 9.78 Å². The van der Waals surface area contributed by atoms with Gasteiger partial charge < -0.3 is 20.1 Å². The van der Waals surface area contributed by atoms with E-state index in [9.17, 15) is 4.79 Å². The van der Waals surface area contributed by atoms with Gasteiger partial charge in [-0.25, -0.2) is 0 Å². The molecule has 0 bridgehead atoms.